The number of likely N-dealkylation sites (N-methyl/N-ethyl adjacent to an activating group) is 2. The van der Waals surface area contributed by atoms with Gasteiger partial charge in [-0.2, -0.15) is 19.2 Å². The zero-order valence-corrected chi connectivity index (χ0v) is 36.9. The van der Waals surface area contributed by atoms with Gasteiger partial charge in [0.1, 0.15) is 0 Å². The molecule has 354 valence electrons. The van der Waals surface area contributed by atoms with Gasteiger partial charge in [-0.15, -0.1) is 0 Å². The number of rotatable bonds is 15. The minimum absolute atomic E-state index is 0. The molecule has 0 aliphatic carbocycles. The smallest absolute Gasteiger partial charge is 0.373 e. The number of carbonyl (C=O) groups is 4. The van der Waals surface area contributed by atoms with Crippen molar-refractivity contribution in [3.05, 3.63) is 59.7 Å². The largest absolute Gasteiger partial charge is 0.480 e. The van der Waals surface area contributed by atoms with E-state index in [-0.39, 0.29) is 63.1 Å². The Hall–Kier alpha value is -5.58. The number of nitrogens with two attached hydrogens (primary N) is 1. The van der Waals surface area contributed by atoms with Crippen LogP contribution in [0.3, 0.4) is 0 Å². The van der Waals surface area contributed by atoms with Crippen LogP contribution in [-0.2, 0) is 51.2 Å². The Balaban J connectivity index is 0.00000109. The first-order valence-electron chi connectivity index (χ1n) is 19.5. The highest BCUT2D eigenvalue weighted by molar-refractivity contribution is 7.80. The standard InChI is InChI=1S/C19H29N5O4S.C19H28N4O4S.2CO2.CH4/c1-22-6-7-23(12-17(25)26)8-9-24(13-18(27)28)16(11-22)10-14-2-4-15(5-3-14)21-19(20)29;1-21-6-7-22(12-18(24)25)8-9-23(13-19(26)27)17(11-21)10-15-2-4-16(5-3-15)20-14-28;2*2-1-3;/h2-5,16H,6-13H2,1H3,(H,25,26)(H,27,28)(H3,20,21,29);2-5,14,17H,6-13H2,1H3,(H,20,28)(H,24,25)(H,26,27);;;1H4. The van der Waals surface area contributed by atoms with Gasteiger partial charge in [0.25, 0.3) is 0 Å². The average molecular weight is 936 g/mol. The number of aliphatic carboxylic acids is 4. The highest BCUT2D eigenvalue weighted by Gasteiger charge is 2.27. The second-order valence-electron chi connectivity index (χ2n) is 14.6. The van der Waals surface area contributed by atoms with Gasteiger partial charge in [-0.05, 0) is 74.5 Å². The van der Waals surface area contributed by atoms with Crippen LogP contribution in [0.5, 0.6) is 0 Å². The third-order valence-corrected chi connectivity index (χ3v) is 10.0. The molecule has 0 bridgehead atoms. The highest BCUT2D eigenvalue weighted by Crippen LogP contribution is 2.17. The molecule has 64 heavy (non-hydrogen) atoms. The fourth-order valence-electron chi connectivity index (χ4n) is 6.95. The molecule has 0 amide bonds. The van der Waals surface area contributed by atoms with Crippen LogP contribution in [0.25, 0.3) is 0 Å². The van der Waals surface area contributed by atoms with Gasteiger partial charge < -0.3 is 46.6 Å². The maximum Gasteiger partial charge on any atom is 0.373 e. The second kappa shape index (κ2) is 33.0. The lowest BCUT2D eigenvalue weighted by Crippen LogP contribution is -2.47. The lowest BCUT2D eigenvalue weighted by Gasteiger charge is -2.32. The number of hydrogen-bond donors (Lipinski definition) is 7. The minimum atomic E-state index is -0.891. The van der Waals surface area contributed by atoms with Gasteiger partial charge >= 0.3 is 36.2 Å². The number of nitrogens with one attached hydrogen (secondary N) is 2. The Morgan fingerprint density at radius 2 is 0.953 bits per heavy atom. The molecule has 2 aliphatic rings. The number of anilines is 2. The normalized spacial score (nSPS) is 17.9. The van der Waals surface area contributed by atoms with Crippen molar-refractivity contribution in [3.63, 3.8) is 0 Å². The van der Waals surface area contributed by atoms with Crippen LogP contribution in [0, 0.1) is 0 Å². The van der Waals surface area contributed by atoms with Crippen molar-refractivity contribution in [2.45, 2.75) is 32.4 Å². The molecule has 4 rings (SSSR count). The maximum absolute atomic E-state index is 11.4. The molecule has 2 aliphatic heterocycles. The van der Waals surface area contributed by atoms with E-state index < -0.39 is 23.9 Å². The van der Waals surface area contributed by atoms with Crippen LogP contribution < -0.4 is 16.4 Å². The van der Waals surface area contributed by atoms with Gasteiger partial charge in [0.05, 0.1) is 31.7 Å². The lowest BCUT2D eigenvalue weighted by molar-refractivity contribution is -0.193. The Kier molecular flexibility index (Phi) is 30.1. The summed E-state index contributed by atoms with van der Waals surface area (Å²) in [6, 6.07) is 15.7. The second-order valence-corrected chi connectivity index (χ2v) is 15.3. The maximum atomic E-state index is 11.4. The number of benzene rings is 2. The van der Waals surface area contributed by atoms with Crippen molar-refractivity contribution in [1.29, 1.82) is 0 Å². The summed E-state index contributed by atoms with van der Waals surface area (Å²) in [4.78, 5) is 89.4. The topological polar surface area (TPSA) is 287 Å². The number of carboxylic acids is 4. The van der Waals surface area contributed by atoms with Gasteiger partial charge in [-0.1, -0.05) is 43.9 Å². The molecule has 2 heterocycles. The van der Waals surface area contributed by atoms with Crippen molar-refractivity contribution in [3.8, 4) is 0 Å². The molecule has 0 radical (unpaired) electrons. The van der Waals surface area contributed by atoms with E-state index in [2.05, 4.69) is 20.4 Å². The van der Waals surface area contributed by atoms with Crippen LogP contribution in [0.1, 0.15) is 18.6 Å². The van der Waals surface area contributed by atoms with Gasteiger partial charge in [-0.3, -0.25) is 38.8 Å². The van der Waals surface area contributed by atoms with E-state index in [1.54, 1.807) is 0 Å². The summed E-state index contributed by atoms with van der Waals surface area (Å²) < 4.78 is 0. The van der Waals surface area contributed by atoms with Gasteiger partial charge in [0.2, 0.25) is 0 Å². The molecule has 2 aromatic rings. The van der Waals surface area contributed by atoms with E-state index >= 15 is 0 Å². The summed E-state index contributed by atoms with van der Waals surface area (Å²) in [6.07, 6.45) is 1.90. The quantitative estimate of drug-likeness (QED) is 0.117. The Morgan fingerprint density at radius 1 is 0.625 bits per heavy atom. The number of carboxylic acid groups (broad SMARTS) is 4. The van der Waals surface area contributed by atoms with E-state index in [0.29, 0.717) is 65.2 Å². The van der Waals surface area contributed by atoms with Crippen molar-refractivity contribution in [2.24, 2.45) is 5.73 Å². The van der Waals surface area contributed by atoms with E-state index in [4.69, 9.17) is 59.6 Å². The first kappa shape index (κ1) is 58.4. The molecule has 0 aromatic heterocycles. The van der Waals surface area contributed by atoms with E-state index in [1.807, 2.05) is 82.2 Å². The molecule has 2 aromatic carbocycles. The van der Waals surface area contributed by atoms with Crippen LogP contribution in [0.4, 0.5) is 11.4 Å². The molecule has 0 spiro atoms. The number of thiocarbonyl (C=S) groups is 2. The SMILES string of the molecule is C.CN1CCN(CC(=O)O)CCN(CC(=O)O)C(Cc2ccc(NC(N)=S)cc2)C1.CN1CCN(CC(=O)O)CCN(CC(=O)O)C(Cc2ccc(NC=S)cc2)C1.O=C=O.O=C=O. The first-order valence-corrected chi connectivity index (χ1v) is 20.4. The van der Waals surface area contributed by atoms with E-state index in [1.165, 1.54) is 5.49 Å². The van der Waals surface area contributed by atoms with Crippen molar-refractivity contribution in [1.82, 2.24) is 29.4 Å². The molecule has 2 atom stereocenters. The average Bonchev–Trinajstić information content (AvgIpc) is 3.30. The predicted molar refractivity (Wildman–Crippen MR) is 244 cm³/mol. The summed E-state index contributed by atoms with van der Waals surface area (Å²) in [5.74, 6) is -3.51. The Labute approximate surface area is 383 Å². The van der Waals surface area contributed by atoms with Gasteiger partial charge in [0, 0.05) is 88.9 Å². The van der Waals surface area contributed by atoms with Crippen LogP contribution >= 0.6 is 24.4 Å². The lowest BCUT2D eigenvalue weighted by atomic mass is 10.0. The third-order valence-electron chi connectivity index (χ3n) is 9.82. The molecule has 2 saturated heterocycles. The molecule has 8 N–H and O–H groups in total. The molecular formula is C41H61N9O12S2. The van der Waals surface area contributed by atoms with Crippen molar-refractivity contribution >= 4 is 82.6 Å². The van der Waals surface area contributed by atoms with Crippen molar-refractivity contribution < 1.29 is 58.8 Å². The predicted octanol–water partition coefficient (Wildman–Crippen LogP) is 0.126. The molecule has 0 saturated carbocycles. The third kappa shape index (κ3) is 26.1. The number of nitrogens with zero attached hydrogens (tertiary/aromatic N) is 6. The molecule has 2 fully saturated rings. The monoisotopic (exact) mass is 935 g/mol. The summed E-state index contributed by atoms with van der Waals surface area (Å²) in [5.41, 5.74) is 10.9. The highest BCUT2D eigenvalue weighted by atomic mass is 32.1. The fraction of sp³-hybridized carbons (Fsp3) is 0.512. The summed E-state index contributed by atoms with van der Waals surface area (Å²) in [6.45, 7) is 5.99. The molecule has 21 nitrogen and oxygen atoms in total. The fourth-order valence-corrected chi connectivity index (χ4v) is 7.21. The Bertz CT molecular complexity index is 1800. The number of hydrogen-bond acceptors (Lipinski definition) is 16. The molecule has 2 unspecified atom stereocenters. The molecular weight excluding hydrogens is 875 g/mol. The molecule has 23 heteroatoms. The minimum Gasteiger partial charge on any atom is -0.480 e. The zero-order valence-electron chi connectivity index (χ0n) is 35.3. The van der Waals surface area contributed by atoms with Crippen LogP contribution in [-0.4, -0.2) is 214 Å². The van der Waals surface area contributed by atoms with Crippen LogP contribution in [0.15, 0.2) is 48.5 Å². The summed E-state index contributed by atoms with van der Waals surface area (Å²) >= 11 is 9.64. The zero-order chi connectivity index (χ0) is 47.3. The Morgan fingerprint density at radius 3 is 1.27 bits per heavy atom. The summed E-state index contributed by atoms with van der Waals surface area (Å²) in [5, 5.41) is 43.0. The van der Waals surface area contributed by atoms with Gasteiger partial charge in [0.15, 0.2) is 5.11 Å². The van der Waals surface area contributed by atoms with Crippen molar-refractivity contribution in [2.75, 3.05) is 116 Å². The van der Waals surface area contributed by atoms with E-state index in [9.17, 15) is 29.4 Å². The van der Waals surface area contributed by atoms with Crippen LogP contribution in [0.2, 0.25) is 0 Å². The summed E-state index contributed by atoms with van der Waals surface area (Å²) in [7, 11) is 3.97. The van der Waals surface area contributed by atoms with Gasteiger partial charge in [-0.25, -0.2) is 0 Å². The number of carbonyl (C=O) groups excluding carboxylic acids is 4. The van der Waals surface area contributed by atoms with E-state index in [0.717, 1.165) is 35.6 Å². The first-order chi connectivity index (χ1) is 29.9.